The van der Waals surface area contributed by atoms with E-state index in [0.29, 0.717) is 0 Å². The number of sulfonamides is 1. The topological polar surface area (TPSA) is 63.7 Å². The summed E-state index contributed by atoms with van der Waals surface area (Å²) >= 11 is 2.89. The van der Waals surface area contributed by atoms with E-state index in [1.807, 2.05) is 0 Å². The van der Waals surface area contributed by atoms with Crippen LogP contribution < -0.4 is 0 Å². The molecule has 1 aromatic rings. The van der Waals surface area contributed by atoms with Crippen molar-refractivity contribution in [3.8, 4) is 0 Å². The standard InChI is InChI=1S/C23H19BrF17NO4S/c1-15(2,3)46-14(43)42(10-5-4-9-24)47(44,45)13-8-6-7-12(11-13)16(25,26)17(27,28)18(29,30)19(31,32)20(33,34)21(35,36)22(37,38)23(39,40)41/h4-8,11H,9-10H2,1-3H3/b5-4+. The number of halogens is 18. The Morgan fingerprint density at radius 2 is 1.15 bits per heavy atom. The molecule has 5 nitrogen and oxygen atoms in total. The molecule has 0 spiro atoms. The maximum Gasteiger partial charge on any atom is 0.460 e. The molecule has 24 heteroatoms. The van der Waals surface area contributed by atoms with Crippen molar-refractivity contribution in [2.45, 2.75) is 78.9 Å². The average Bonchev–Trinajstić information content (AvgIpc) is 2.88. The Morgan fingerprint density at radius 3 is 1.55 bits per heavy atom. The zero-order chi connectivity index (χ0) is 37.7. The molecular weight excluding hydrogens is 789 g/mol. The van der Waals surface area contributed by atoms with Crippen molar-refractivity contribution in [2.75, 3.05) is 11.9 Å². The predicted octanol–water partition coefficient (Wildman–Crippen LogP) is 9.03. The second-order valence-corrected chi connectivity index (χ2v) is 12.7. The van der Waals surface area contributed by atoms with Crippen molar-refractivity contribution >= 4 is 32.0 Å². The number of hydrogen-bond acceptors (Lipinski definition) is 4. The molecule has 1 aromatic carbocycles. The second kappa shape index (κ2) is 12.7. The molecule has 0 aromatic heterocycles. The summed E-state index contributed by atoms with van der Waals surface area (Å²) in [6.07, 6.45) is -7.52. The molecule has 1 amide bonds. The van der Waals surface area contributed by atoms with Crippen molar-refractivity contribution in [1.82, 2.24) is 4.31 Å². The fourth-order valence-corrected chi connectivity index (χ4v) is 4.70. The number of nitrogens with zero attached hydrogens (tertiary/aromatic N) is 1. The van der Waals surface area contributed by atoms with E-state index in [4.69, 9.17) is 4.74 Å². The smallest absolute Gasteiger partial charge is 0.443 e. The van der Waals surface area contributed by atoms with Crippen LogP contribution in [0.5, 0.6) is 0 Å². The van der Waals surface area contributed by atoms with Gasteiger partial charge in [0.1, 0.15) is 5.60 Å². The fourth-order valence-electron chi connectivity index (χ4n) is 3.14. The Morgan fingerprint density at radius 1 is 0.723 bits per heavy atom. The van der Waals surface area contributed by atoms with Crippen LogP contribution in [0.1, 0.15) is 26.3 Å². The molecule has 0 N–H and O–H groups in total. The first-order valence-electron chi connectivity index (χ1n) is 11.8. The van der Waals surface area contributed by atoms with Crippen LogP contribution in [0.25, 0.3) is 0 Å². The van der Waals surface area contributed by atoms with E-state index >= 15 is 0 Å². The van der Waals surface area contributed by atoms with Gasteiger partial charge in [-0.15, -0.1) is 0 Å². The molecule has 0 unspecified atom stereocenters. The summed E-state index contributed by atoms with van der Waals surface area (Å²) in [4.78, 5) is 10.9. The number of ether oxygens (including phenoxy) is 1. The summed E-state index contributed by atoms with van der Waals surface area (Å²) in [5.74, 6) is -58.3. The molecule has 0 saturated carbocycles. The van der Waals surface area contributed by atoms with Crippen LogP contribution >= 0.6 is 15.9 Å². The number of allylic oxidation sites excluding steroid dienone is 1. The normalized spacial score (nSPS) is 15.3. The van der Waals surface area contributed by atoms with Gasteiger partial charge in [-0.05, 0) is 32.9 Å². The molecule has 0 saturated heterocycles. The van der Waals surface area contributed by atoms with Gasteiger partial charge in [0.05, 0.1) is 11.4 Å². The molecule has 0 fully saturated rings. The first-order valence-corrected chi connectivity index (χ1v) is 14.4. The maximum atomic E-state index is 14.8. The molecule has 1 rings (SSSR count). The van der Waals surface area contributed by atoms with Crippen LogP contribution in [0.3, 0.4) is 0 Å². The molecule has 0 aliphatic heterocycles. The summed E-state index contributed by atoms with van der Waals surface area (Å²) < 4.78 is 263. The minimum Gasteiger partial charge on any atom is -0.443 e. The van der Waals surface area contributed by atoms with Gasteiger partial charge < -0.3 is 4.74 Å². The van der Waals surface area contributed by atoms with Gasteiger partial charge in [0.2, 0.25) is 0 Å². The van der Waals surface area contributed by atoms with Crippen molar-refractivity contribution in [3.05, 3.63) is 42.0 Å². The third-order valence-corrected chi connectivity index (χ3v) is 7.73. The third kappa shape index (κ3) is 7.12. The number of amides is 1. The van der Waals surface area contributed by atoms with Crippen LogP contribution in [-0.2, 0) is 20.7 Å². The van der Waals surface area contributed by atoms with Gasteiger partial charge in [-0.1, -0.05) is 40.2 Å². The first-order chi connectivity index (χ1) is 20.5. The fraction of sp³-hybridized carbons (Fsp3) is 0.609. The minimum atomic E-state index is -8.82. The molecule has 47 heavy (non-hydrogen) atoms. The molecule has 0 aliphatic rings. The largest absolute Gasteiger partial charge is 0.460 e. The van der Waals surface area contributed by atoms with E-state index in [0.717, 1.165) is 6.08 Å². The van der Waals surface area contributed by atoms with Crippen molar-refractivity contribution < 1.29 is 92.6 Å². The Bertz CT molecular complexity index is 1440. The van der Waals surface area contributed by atoms with Crippen molar-refractivity contribution in [3.63, 3.8) is 0 Å². The Hall–Kier alpha value is -2.53. The van der Waals surface area contributed by atoms with Gasteiger partial charge in [0, 0.05) is 10.9 Å². The highest BCUT2D eigenvalue weighted by Crippen LogP contribution is 2.65. The van der Waals surface area contributed by atoms with Gasteiger partial charge in [-0.25, -0.2) is 13.2 Å². The number of hydrogen-bond donors (Lipinski definition) is 0. The van der Waals surface area contributed by atoms with E-state index in [9.17, 15) is 87.8 Å². The highest BCUT2D eigenvalue weighted by molar-refractivity contribution is 9.09. The van der Waals surface area contributed by atoms with Gasteiger partial charge in [-0.3, -0.25) is 0 Å². The number of carbonyl (C=O) groups is 1. The van der Waals surface area contributed by atoms with Crippen LogP contribution in [0, 0.1) is 0 Å². The van der Waals surface area contributed by atoms with Gasteiger partial charge in [0.15, 0.2) is 0 Å². The number of carbonyl (C=O) groups excluding carboxylic acids is 1. The number of rotatable bonds is 12. The lowest BCUT2D eigenvalue weighted by atomic mass is 9.87. The van der Waals surface area contributed by atoms with Gasteiger partial charge >= 0.3 is 53.7 Å². The summed E-state index contributed by atoms with van der Waals surface area (Å²) in [5, 5.41) is 0.0314. The Balaban J connectivity index is 3.86. The summed E-state index contributed by atoms with van der Waals surface area (Å²) in [6, 6.07) is -0.752. The number of alkyl halides is 18. The highest BCUT2D eigenvalue weighted by Gasteiger charge is 2.95. The second-order valence-electron chi connectivity index (χ2n) is 10.2. The lowest BCUT2D eigenvalue weighted by Gasteiger charge is -2.42. The quantitative estimate of drug-likeness (QED) is 0.120. The molecule has 272 valence electrons. The van der Waals surface area contributed by atoms with Gasteiger partial charge in [-0.2, -0.15) is 78.9 Å². The number of benzene rings is 1. The van der Waals surface area contributed by atoms with E-state index in [1.165, 1.54) is 26.8 Å². The maximum absolute atomic E-state index is 14.8. The molecular formula is C23H19BrF17NO4S. The Kier molecular flexibility index (Phi) is 11.5. The van der Waals surface area contributed by atoms with E-state index in [2.05, 4.69) is 15.9 Å². The first kappa shape index (κ1) is 42.5. The monoisotopic (exact) mass is 807 g/mol. The van der Waals surface area contributed by atoms with Crippen LogP contribution in [-0.4, -0.2) is 78.0 Å². The minimum absolute atomic E-state index is 0.0314. The van der Waals surface area contributed by atoms with Crippen LogP contribution in [0.2, 0.25) is 0 Å². The Labute approximate surface area is 261 Å². The summed E-state index contributed by atoms with van der Waals surface area (Å²) in [5.41, 5.74) is -4.20. The third-order valence-electron chi connectivity index (χ3n) is 5.63. The zero-order valence-electron chi connectivity index (χ0n) is 23.2. The van der Waals surface area contributed by atoms with E-state index in [-0.39, 0.29) is 21.8 Å². The molecule has 0 bridgehead atoms. The van der Waals surface area contributed by atoms with E-state index in [1.54, 1.807) is 0 Å². The predicted molar refractivity (Wildman–Crippen MR) is 129 cm³/mol. The highest BCUT2D eigenvalue weighted by atomic mass is 79.9. The van der Waals surface area contributed by atoms with Crippen LogP contribution in [0.4, 0.5) is 79.4 Å². The molecule has 0 aliphatic carbocycles. The molecule has 0 heterocycles. The summed E-state index contributed by atoms with van der Waals surface area (Å²) in [6.45, 7) is 2.67. The van der Waals surface area contributed by atoms with Crippen molar-refractivity contribution in [1.29, 1.82) is 0 Å². The molecule has 0 radical (unpaired) electrons. The SMILES string of the molecule is CC(C)(C)OC(=O)N(C/C=C/CBr)S(=O)(=O)c1cccc(C(F)(F)C(F)(F)C(F)(F)C(F)(F)C(F)(F)C(F)(F)C(F)(F)C(F)(F)F)c1. The zero-order valence-corrected chi connectivity index (χ0v) is 25.6. The van der Waals surface area contributed by atoms with E-state index < -0.39 is 98.5 Å². The van der Waals surface area contributed by atoms with Gasteiger partial charge in [0.25, 0.3) is 10.0 Å². The molecule has 0 atom stereocenters. The average molecular weight is 808 g/mol. The summed E-state index contributed by atoms with van der Waals surface area (Å²) in [7, 11) is -5.55. The van der Waals surface area contributed by atoms with Crippen LogP contribution in [0.15, 0.2) is 41.3 Å². The lowest BCUT2D eigenvalue weighted by Crippen LogP contribution is -2.74. The lowest BCUT2D eigenvalue weighted by molar-refractivity contribution is -0.462. The van der Waals surface area contributed by atoms with Crippen molar-refractivity contribution in [2.24, 2.45) is 0 Å².